The van der Waals surface area contributed by atoms with Crippen LogP contribution in [0, 0.1) is 0 Å². The van der Waals surface area contributed by atoms with Crippen molar-refractivity contribution in [2.24, 2.45) is 10.7 Å². The molecule has 0 radical (unpaired) electrons. The summed E-state index contributed by atoms with van der Waals surface area (Å²) < 4.78 is 0. The standard InChI is InChI=1S/C21H32N4OS/c1-5-21(3,4)26-25-17(14-27-6-2)24-18-19(25)15-10-8-7-9-11-16(13-12-15)23-20(18)22/h7-9,11-12,16-17,24H,5-6,10,13-14H2,1-4H3,(H2,22,23)/b8-7-,11-9-,15-12-. The maximum atomic E-state index is 6.53. The molecule has 1 aliphatic carbocycles. The van der Waals surface area contributed by atoms with E-state index in [4.69, 9.17) is 15.6 Å². The molecule has 3 rings (SSSR count). The van der Waals surface area contributed by atoms with Gasteiger partial charge in [-0.15, -0.1) is 0 Å². The van der Waals surface area contributed by atoms with Crippen LogP contribution in [0.5, 0.6) is 0 Å². The zero-order chi connectivity index (χ0) is 19.4. The Morgan fingerprint density at radius 3 is 2.93 bits per heavy atom. The number of nitrogens with two attached hydrogens (primary N) is 1. The van der Waals surface area contributed by atoms with Gasteiger partial charge in [0, 0.05) is 5.75 Å². The molecule has 3 N–H and O–H groups in total. The molecule has 2 bridgehead atoms. The Balaban J connectivity index is 2.04. The molecule has 2 aliphatic heterocycles. The number of hydrogen-bond donors (Lipinski definition) is 2. The Morgan fingerprint density at radius 2 is 2.19 bits per heavy atom. The molecule has 5 nitrogen and oxygen atoms in total. The molecule has 0 saturated carbocycles. The monoisotopic (exact) mass is 388 g/mol. The molecule has 2 atom stereocenters. The molecule has 148 valence electrons. The summed E-state index contributed by atoms with van der Waals surface area (Å²) in [5.41, 5.74) is 9.40. The summed E-state index contributed by atoms with van der Waals surface area (Å²) in [6.45, 7) is 8.60. The van der Waals surface area contributed by atoms with Crippen LogP contribution in [0.25, 0.3) is 0 Å². The van der Waals surface area contributed by atoms with E-state index < -0.39 is 0 Å². The maximum absolute atomic E-state index is 6.53. The van der Waals surface area contributed by atoms with Crippen LogP contribution in [0.1, 0.15) is 47.0 Å². The van der Waals surface area contributed by atoms with E-state index in [1.165, 1.54) is 5.57 Å². The van der Waals surface area contributed by atoms with Gasteiger partial charge in [0.25, 0.3) is 0 Å². The van der Waals surface area contributed by atoms with Crippen LogP contribution in [0.3, 0.4) is 0 Å². The number of hydroxylamine groups is 2. The van der Waals surface area contributed by atoms with Crippen molar-refractivity contribution < 1.29 is 4.84 Å². The molecule has 27 heavy (non-hydrogen) atoms. The largest absolute Gasteiger partial charge is 0.382 e. The number of nitrogens with zero attached hydrogens (tertiary/aromatic N) is 2. The van der Waals surface area contributed by atoms with Crippen LogP contribution in [0.15, 0.2) is 52.3 Å². The highest BCUT2D eigenvalue weighted by atomic mass is 32.2. The number of hydrogen-bond acceptors (Lipinski definition) is 6. The van der Waals surface area contributed by atoms with Crippen LogP contribution < -0.4 is 11.1 Å². The highest BCUT2D eigenvalue weighted by Crippen LogP contribution is 2.35. The molecule has 2 unspecified atom stereocenters. The Labute approximate surface area is 167 Å². The van der Waals surface area contributed by atoms with E-state index in [0.29, 0.717) is 5.84 Å². The fraction of sp³-hybridized carbons (Fsp3) is 0.571. The Morgan fingerprint density at radius 1 is 1.37 bits per heavy atom. The average Bonchev–Trinajstić information content (AvgIpc) is 3.01. The molecule has 0 fully saturated rings. The Hall–Kier alpha value is -1.66. The summed E-state index contributed by atoms with van der Waals surface area (Å²) in [5.74, 6) is 2.55. The highest BCUT2D eigenvalue weighted by Gasteiger charge is 2.38. The van der Waals surface area contributed by atoms with Gasteiger partial charge in [-0.25, -0.2) is 5.06 Å². The second kappa shape index (κ2) is 8.57. The smallest absolute Gasteiger partial charge is 0.145 e. The van der Waals surface area contributed by atoms with E-state index in [1.807, 2.05) is 11.8 Å². The lowest BCUT2D eigenvalue weighted by Crippen LogP contribution is -2.45. The van der Waals surface area contributed by atoms with Gasteiger partial charge in [0.2, 0.25) is 0 Å². The van der Waals surface area contributed by atoms with E-state index in [2.05, 4.69) is 68.5 Å². The number of thioether (sulfide) groups is 1. The van der Waals surface area contributed by atoms with Crippen LogP contribution in [0.2, 0.25) is 0 Å². The van der Waals surface area contributed by atoms with Crippen molar-refractivity contribution in [3.05, 3.63) is 47.3 Å². The predicted molar refractivity (Wildman–Crippen MR) is 115 cm³/mol. The third-order valence-corrected chi connectivity index (χ3v) is 6.08. The van der Waals surface area contributed by atoms with Crippen molar-refractivity contribution in [2.75, 3.05) is 11.5 Å². The van der Waals surface area contributed by atoms with Crippen molar-refractivity contribution in [1.82, 2.24) is 10.4 Å². The average molecular weight is 389 g/mol. The summed E-state index contributed by atoms with van der Waals surface area (Å²) in [5, 5.41) is 5.68. The second-order valence-corrected chi connectivity index (χ2v) is 8.96. The lowest BCUT2D eigenvalue weighted by atomic mass is 10.0. The van der Waals surface area contributed by atoms with E-state index in [9.17, 15) is 0 Å². The molecule has 0 aromatic carbocycles. The normalized spacial score (nSPS) is 31.3. The van der Waals surface area contributed by atoms with Crippen LogP contribution in [-0.4, -0.2) is 40.2 Å². The first-order valence-electron chi connectivity index (χ1n) is 9.88. The summed E-state index contributed by atoms with van der Waals surface area (Å²) in [7, 11) is 0. The second-order valence-electron chi connectivity index (χ2n) is 7.64. The molecule has 0 amide bonds. The van der Waals surface area contributed by atoms with Crippen molar-refractivity contribution in [3.8, 4) is 0 Å². The first kappa shape index (κ1) is 20.1. The number of fused-ring (bicyclic) bond motifs is 3. The van der Waals surface area contributed by atoms with Crippen LogP contribution >= 0.6 is 11.8 Å². The van der Waals surface area contributed by atoms with E-state index >= 15 is 0 Å². The number of nitrogens with one attached hydrogen (secondary N) is 1. The van der Waals surface area contributed by atoms with Gasteiger partial charge in [-0.1, -0.05) is 44.2 Å². The molecule has 6 heteroatoms. The van der Waals surface area contributed by atoms with Gasteiger partial charge in [-0.05, 0) is 44.4 Å². The molecule has 3 aliphatic rings. The SMILES string of the molecule is CCSCC1NC2=C(C3=C\CC(/C=C\C=C/C\3)/N=C\2N)N1OC(C)(C)CC. The van der Waals surface area contributed by atoms with Gasteiger partial charge < -0.3 is 11.1 Å². The fourth-order valence-corrected chi connectivity index (χ4v) is 3.94. The molecule has 2 heterocycles. The summed E-state index contributed by atoms with van der Waals surface area (Å²) >= 11 is 1.89. The number of aliphatic imine (C=N–C) groups is 1. The van der Waals surface area contributed by atoms with E-state index in [1.54, 1.807) is 0 Å². The van der Waals surface area contributed by atoms with Crippen LogP contribution in [-0.2, 0) is 4.84 Å². The fourth-order valence-electron chi connectivity index (χ4n) is 3.26. The molecule has 0 saturated heterocycles. The van der Waals surface area contributed by atoms with Crippen molar-refractivity contribution in [3.63, 3.8) is 0 Å². The minimum atomic E-state index is -0.257. The molecule has 0 aromatic heterocycles. The van der Waals surface area contributed by atoms with Gasteiger partial charge in [-0.3, -0.25) is 9.83 Å². The molecule has 0 aromatic rings. The lowest BCUT2D eigenvalue weighted by molar-refractivity contribution is -0.227. The molecular weight excluding hydrogens is 356 g/mol. The van der Waals surface area contributed by atoms with Gasteiger partial charge in [0.1, 0.15) is 17.7 Å². The first-order chi connectivity index (χ1) is 12.9. The van der Waals surface area contributed by atoms with E-state index in [-0.39, 0.29) is 17.8 Å². The first-order valence-corrected chi connectivity index (χ1v) is 11.0. The van der Waals surface area contributed by atoms with Crippen LogP contribution in [0.4, 0.5) is 0 Å². The Kier molecular flexibility index (Phi) is 6.37. The third kappa shape index (κ3) is 4.61. The van der Waals surface area contributed by atoms with Crippen molar-refractivity contribution >= 4 is 17.6 Å². The van der Waals surface area contributed by atoms with Gasteiger partial charge in [-0.2, -0.15) is 11.8 Å². The number of rotatable bonds is 6. The van der Waals surface area contributed by atoms with Gasteiger partial charge >= 0.3 is 0 Å². The quantitative estimate of drug-likeness (QED) is 0.723. The Bertz CT molecular complexity index is 705. The number of amidine groups is 1. The number of allylic oxidation sites excluding steroid dienone is 4. The summed E-state index contributed by atoms with van der Waals surface area (Å²) in [4.78, 5) is 11.3. The topological polar surface area (TPSA) is 62.9 Å². The molecule has 0 spiro atoms. The lowest BCUT2D eigenvalue weighted by Gasteiger charge is -2.36. The predicted octanol–water partition coefficient (Wildman–Crippen LogP) is 3.87. The summed E-state index contributed by atoms with van der Waals surface area (Å²) in [6, 6.07) is 0.0733. The maximum Gasteiger partial charge on any atom is 0.145 e. The zero-order valence-electron chi connectivity index (χ0n) is 16.9. The third-order valence-electron chi connectivity index (χ3n) is 5.12. The van der Waals surface area contributed by atoms with Gasteiger partial charge in [0.15, 0.2) is 0 Å². The van der Waals surface area contributed by atoms with Crippen molar-refractivity contribution in [1.29, 1.82) is 0 Å². The highest BCUT2D eigenvalue weighted by molar-refractivity contribution is 7.99. The summed E-state index contributed by atoms with van der Waals surface area (Å²) in [6.07, 6.45) is 13.4. The van der Waals surface area contributed by atoms with E-state index in [0.717, 1.165) is 42.2 Å². The van der Waals surface area contributed by atoms with Crippen molar-refractivity contribution in [2.45, 2.75) is 64.8 Å². The molecular formula is C21H32N4OS. The zero-order valence-corrected chi connectivity index (χ0v) is 17.7. The van der Waals surface area contributed by atoms with Gasteiger partial charge in [0.05, 0.1) is 17.3 Å². The minimum absolute atomic E-state index is 0.0435. The minimum Gasteiger partial charge on any atom is -0.382 e.